The highest BCUT2D eigenvalue weighted by Gasteiger charge is 2.32. The van der Waals surface area contributed by atoms with Crippen molar-refractivity contribution in [3.05, 3.63) is 96.1 Å². The Morgan fingerprint density at radius 1 is 0.761 bits per heavy atom. The molecule has 1 aliphatic rings. The maximum Gasteiger partial charge on any atom is 0.329 e. The quantitative estimate of drug-likeness (QED) is 0.254. The van der Waals surface area contributed by atoms with Gasteiger partial charge in [-0.1, -0.05) is 74.5 Å². The number of carbonyl (C=O) groups is 3. The second kappa shape index (κ2) is 16.2. The predicted molar refractivity (Wildman–Crippen MR) is 181 cm³/mol. The van der Waals surface area contributed by atoms with Gasteiger partial charge < -0.3 is 29.9 Å². The summed E-state index contributed by atoms with van der Waals surface area (Å²) in [6.07, 6.45) is 0.652. The third-order valence-electron chi connectivity index (χ3n) is 7.63. The molecular weight excluding hydrogens is 580 g/mol. The number of carbonyl (C=O) groups excluding carboxylic acids is 3. The highest BCUT2D eigenvalue weighted by Crippen LogP contribution is 2.19. The standard InChI is InChI=1S/C37H48N4O5/c1-27(2)24-32(39-36(44)41-22-20-40(21-23-41)30-14-10-7-11-15-30)34(42)38-33(35(43)46-37(3,4)5)25-28-16-18-31(19-17-28)45-26-29-12-8-6-9-13-29/h6-19,27,32-33H,20-26H2,1-5H3,(H,38,42)(H,39,44). The summed E-state index contributed by atoms with van der Waals surface area (Å²) in [6.45, 7) is 12.3. The Bertz CT molecular complexity index is 1400. The molecule has 9 heteroatoms. The van der Waals surface area contributed by atoms with Crippen molar-refractivity contribution in [2.75, 3.05) is 31.1 Å². The van der Waals surface area contributed by atoms with Crippen LogP contribution < -0.4 is 20.3 Å². The fourth-order valence-electron chi connectivity index (χ4n) is 5.29. The summed E-state index contributed by atoms with van der Waals surface area (Å²) < 4.78 is 11.6. The van der Waals surface area contributed by atoms with Crippen molar-refractivity contribution in [1.29, 1.82) is 0 Å². The first-order chi connectivity index (χ1) is 22.0. The van der Waals surface area contributed by atoms with Crippen LogP contribution in [-0.4, -0.2) is 66.7 Å². The number of piperazine rings is 1. The number of amides is 3. The largest absolute Gasteiger partial charge is 0.489 e. The van der Waals surface area contributed by atoms with E-state index in [0.29, 0.717) is 45.0 Å². The fraction of sp³-hybridized carbons (Fsp3) is 0.432. The number of hydrogen-bond acceptors (Lipinski definition) is 6. The first-order valence-corrected chi connectivity index (χ1v) is 16.1. The molecule has 0 radical (unpaired) electrons. The Morgan fingerprint density at radius 3 is 1.96 bits per heavy atom. The molecule has 246 valence electrons. The van der Waals surface area contributed by atoms with Crippen molar-refractivity contribution in [2.24, 2.45) is 5.92 Å². The van der Waals surface area contributed by atoms with Crippen LogP contribution >= 0.6 is 0 Å². The zero-order valence-corrected chi connectivity index (χ0v) is 27.7. The van der Waals surface area contributed by atoms with E-state index in [0.717, 1.165) is 16.8 Å². The van der Waals surface area contributed by atoms with Gasteiger partial charge in [0.15, 0.2) is 0 Å². The minimum absolute atomic E-state index is 0.134. The average Bonchev–Trinajstić information content (AvgIpc) is 3.03. The molecule has 3 amide bonds. The van der Waals surface area contributed by atoms with Gasteiger partial charge in [0.1, 0.15) is 30.0 Å². The van der Waals surface area contributed by atoms with Crippen molar-refractivity contribution in [3.63, 3.8) is 0 Å². The third-order valence-corrected chi connectivity index (χ3v) is 7.63. The third kappa shape index (κ3) is 10.8. The van der Waals surface area contributed by atoms with Crippen LogP contribution in [0, 0.1) is 5.92 Å². The lowest BCUT2D eigenvalue weighted by Gasteiger charge is -2.37. The van der Waals surface area contributed by atoms with Crippen molar-refractivity contribution in [2.45, 2.75) is 71.8 Å². The Labute approximate surface area is 273 Å². The van der Waals surface area contributed by atoms with E-state index in [1.807, 2.05) is 86.6 Å². The molecule has 0 aromatic heterocycles. The van der Waals surface area contributed by atoms with Gasteiger partial charge in [0.05, 0.1) is 0 Å². The molecule has 0 saturated carbocycles. The molecule has 1 aliphatic heterocycles. The second-order valence-corrected chi connectivity index (χ2v) is 13.2. The second-order valence-electron chi connectivity index (χ2n) is 13.2. The number of nitrogens with one attached hydrogen (secondary N) is 2. The molecule has 3 aromatic carbocycles. The summed E-state index contributed by atoms with van der Waals surface area (Å²) in [5.41, 5.74) is 2.30. The number of esters is 1. The zero-order valence-electron chi connectivity index (χ0n) is 27.7. The van der Waals surface area contributed by atoms with Crippen LogP contribution in [0.2, 0.25) is 0 Å². The van der Waals surface area contributed by atoms with E-state index < -0.39 is 29.6 Å². The number of urea groups is 1. The van der Waals surface area contributed by atoms with E-state index >= 15 is 0 Å². The number of rotatable bonds is 12. The highest BCUT2D eigenvalue weighted by molar-refractivity contribution is 5.90. The average molecular weight is 629 g/mol. The van der Waals surface area contributed by atoms with E-state index in [-0.39, 0.29) is 18.4 Å². The first kappa shape index (κ1) is 34.3. The highest BCUT2D eigenvalue weighted by atomic mass is 16.6. The molecule has 2 atom stereocenters. The van der Waals surface area contributed by atoms with Gasteiger partial charge in [0, 0.05) is 38.3 Å². The van der Waals surface area contributed by atoms with E-state index in [1.165, 1.54) is 0 Å². The number of benzene rings is 3. The van der Waals surface area contributed by atoms with Crippen molar-refractivity contribution >= 4 is 23.6 Å². The van der Waals surface area contributed by atoms with Gasteiger partial charge in [-0.2, -0.15) is 0 Å². The monoisotopic (exact) mass is 628 g/mol. The summed E-state index contributed by atoms with van der Waals surface area (Å²) in [5, 5.41) is 5.86. The summed E-state index contributed by atoms with van der Waals surface area (Å²) in [5.74, 6) is -0.107. The fourth-order valence-corrected chi connectivity index (χ4v) is 5.29. The van der Waals surface area contributed by atoms with Crippen LogP contribution in [0.4, 0.5) is 10.5 Å². The zero-order chi connectivity index (χ0) is 33.1. The van der Waals surface area contributed by atoms with Crippen LogP contribution in [0.3, 0.4) is 0 Å². The van der Waals surface area contributed by atoms with Gasteiger partial charge >= 0.3 is 12.0 Å². The lowest BCUT2D eigenvalue weighted by atomic mass is 10.0. The maximum atomic E-state index is 13.7. The molecule has 2 unspecified atom stereocenters. The van der Waals surface area contributed by atoms with E-state index in [2.05, 4.69) is 27.7 Å². The first-order valence-electron chi connectivity index (χ1n) is 16.1. The number of anilines is 1. The number of para-hydroxylation sites is 1. The van der Waals surface area contributed by atoms with Crippen molar-refractivity contribution in [1.82, 2.24) is 15.5 Å². The van der Waals surface area contributed by atoms with Crippen molar-refractivity contribution < 1.29 is 23.9 Å². The van der Waals surface area contributed by atoms with Gasteiger partial charge in [0.25, 0.3) is 0 Å². The Kier molecular flexibility index (Phi) is 12.1. The lowest BCUT2D eigenvalue weighted by molar-refractivity contribution is -0.158. The summed E-state index contributed by atoms with van der Waals surface area (Å²) in [4.78, 5) is 44.3. The van der Waals surface area contributed by atoms with Crippen LogP contribution in [0.1, 0.15) is 52.2 Å². The van der Waals surface area contributed by atoms with Gasteiger partial charge in [-0.3, -0.25) is 4.79 Å². The normalized spacial score (nSPS) is 14.7. The Morgan fingerprint density at radius 2 is 1.37 bits per heavy atom. The van der Waals surface area contributed by atoms with Crippen LogP contribution in [0.15, 0.2) is 84.9 Å². The molecule has 0 aliphatic carbocycles. The maximum absolute atomic E-state index is 13.7. The molecular formula is C37H48N4O5. The van der Waals surface area contributed by atoms with Gasteiger partial charge in [-0.25, -0.2) is 9.59 Å². The molecule has 2 N–H and O–H groups in total. The summed E-state index contributed by atoms with van der Waals surface area (Å²) >= 11 is 0. The predicted octanol–water partition coefficient (Wildman–Crippen LogP) is 5.58. The van der Waals surface area contributed by atoms with E-state index in [4.69, 9.17) is 9.47 Å². The molecule has 4 rings (SSSR count). The molecule has 0 bridgehead atoms. The molecule has 1 saturated heterocycles. The summed E-state index contributed by atoms with van der Waals surface area (Å²) in [7, 11) is 0. The molecule has 46 heavy (non-hydrogen) atoms. The minimum Gasteiger partial charge on any atom is -0.489 e. The van der Waals surface area contributed by atoms with Gasteiger partial charge in [0.2, 0.25) is 5.91 Å². The van der Waals surface area contributed by atoms with E-state index in [9.17, 15) is 14.4 Å². The number of ether oxygens (including phenoxy) is 2. The molecule has 3 aromatic rings. The topological polar surface area (TPSA) is 100 Å². The molecule has 1 heterocycles. The van der Waals surface area contributed by atoms with Crippen LogP contribution in [0.25, 0.3) is 0 Å². The van der Waals surface area contributed by atoms with Crippen LogP contribution in [0.5, 0.6) is 5.75 Å². The van der Waals surface area contributed by atoms with Gasteiger partial charge in [-0.15, -0.1) is 0 Å². The number of hydrogen-bond donors (Lipinski definition) is 2. The molecule has 0 spiro atoms. The minimum atomic E-state index is -0.941. The van der Waals surface area contributed by atoms with E-state index in [1.54, 1.807) is 25.7 Å². The SMILES string of the molecule is CC(C)CC(NC(=O)N1CCN(c2ccccc2)CC1)C(=O)NC(Cc1ccc(OCc2ccccc2)cc1)C(=O)OC(C)(C)C. The Balaban J connectivity index is 1.39. The van der Waals surface area contributed by atoms with Crippen LogP contribution in [-0.2, 0) is 27.4 Å². The number of nitrogens with zero attached hydrogens (tertiary/aromatic N) is 2. The van der Waals surface area contributed by atoms with Gasteiger partial charge in [-0.05, 0) is 68.5 Å². The Hall–Kier alpha value is -4.53. The smallest absolute Gasteiger partial charge is 0.329 e. The molecule has 9 nitrogen and oxygen atoms in total. The molecule has 1 fully saturated rings. The summed E-state index contributed by atoms with van der Waals surface area (Å²) in [6, 6.07) is 25.5. The lowest BCUT2D eigenvalue weighted by Crippen LogP contribution is -2.58. The van der Waals surface area contributed by atoms with Crippen molar-refractivity contribution in [3.8, 4) is 5.75 Å².